The number of aryl methyl sites for hydroxylation is 1. The first-order chi connectivity index (χ1) is 9.20. The molecule has 0 aliphatic rings. The maximum absolute atomic E-state index is 12.5. The van der Waals surface area contributed by atoms with Crippen molar-refractivity contribution >= 4 is 17.2 Å². The Balaban J connectivity index is 2.13. The molecule has 0 bridgehead atoms. The van der Waals surface area contributed by atoms with Crippen LogP contribution in [0.25, 0.3) is 0 Å². The normalized spacial score (nSPS) is 10.4. The van der Waals surface area contributed by atoms with Gasteiger partial charge in [-0.15, -0.1) is 0 Å². The lowest BCUT2D eigenvalue weighted by Crippen LogP contribution is -2.31. The first-order valence-corrected chi connectivity index (χ1v) is 7.52. The minimum Gasteiger partial charge on any atom is -0.334 e. The van der Waals surface area contributed by atoms with Crippen molar-refractivity contribution in [1.82, 2.24) is 4.90 Å². The highest BCUT2D eigenvalue weighted by molar-refractivity contribution is 7.07. The highest BCUT2D eigenvalue weighted by atomic mass is 32.1. The first-order valence-electron chi connectivity index (χ1n) is 6.57. The van der Waals surface area contributed by atoms with Crippen LogP contribution in [0.2, 0.25) is 0 Å². The zero-order valence-electron chi connectivity index (χ0n) is 11.4. The lowest BCUT2D eigenvalue weighted by Gasteiger charge is -2.21. The number of benzene rings is 1. The van der Waals surface area contributed by atoms with Crippen molar-refractivity contribution in [2.75, 3.05) is 6.54 Å². The van der Waals surface area contributed by atoms with Crippen LogP contribution in [0.1, 0.15) is 34.8 Å². The summed E-state index contributed by atoms with van der Waals surface area (Å²) >= 11 is 1.67. The molecule has 2 nitrogen and oxygen atoms in total. The molecule has 3 heteroatoms. The highest BCUT2D eigenvalue weighted by Crippen LogP contribution is 2.13. The largest absolute Gasteiger partial charge is 0.334 e. The predicted octanol–water partition coefficient (Wildman–Crippen LogP) is 4.11. The number of nitrogens with zero attached hydrogens (tertiary/aromatic N) is 1. The molecular weight excluding hydrogens is 254 g/mol. The summed E-state index contributed by atoms with van der Waals surface area (Å²) in [6.07, 6.45) is 0.974. The van der Waals surface area contributed by atoms with E-state index in [2.05, 4.69) is 23.8 Å². The standard InChI is InChI=1S/C16H19NOS/c1-3-9-17(11-14-8-10-19-12-14)16(18)15-6-4-13(2)5-7-15/h4-8,10,12H,3,9,11H2,1-2H3. The van der Waals surface area contributed by atoms with Crippen LogP contribution in [0.3, 0.4) is 0 Å². The molecule has 100 valence electrons. The van der Waals surface area contributed by atoms with Crippen molar-refractivity contribution in [3.63, 3.8) is 0 Å². The summed E-state index contributed by atoms with van der Waals surface area (Å²) in [5.74, 6) is 0.119. The van der Waals surface area contributed by atoms with E-state index >= 15 is 0 Å². The molecule has 0 fully saturated rings. The Hall–Kier alpha value is -1.61. The van der Waals surface area contributed by atoms with Crippen LogP contribution in [-0.4, -0.2) is 17.4 Å². The van der Waals surface area contributed by atoms with E-state index in [1.165, 1.54) is 11.1 Å². The fourth-order valence-corrected chi connectivity index (χ4v) is 2.66. The lowest BCUT2D eigenvalue weighted by molar-refractivity contribution is 0.0743. The Bertz CT molecular complexity index is 516. The second-order valence-corrected chi connectivity index (χ2v) is 5.50. The fourth-order valence-electron chi connectivity index (χ4n) is 2.00. The second kappa shape index (κ2) is 6.53. The minimum atomic E-state index is 0.119. The van der Waals surface area contributed by atoms with Crippen molar-refractivity contribution in [3.8, 4) is 0 Å². The average Bonchev–Trinajstić information content (AvgIpc) is 2.91. The molecule has 0 N–H and O–H groups in total. The van der Waals surface area contributed by atoms with Crippen LogP contribution in [0.5, 0.6) is 0 Å². The first kappa shape index (κ1) is 13.8. The van der Waals surface area contributed by atoms with Gasteiger partial charge >= 0.3 is 0 Å². The number of thiophene rings is 1. The zero-order valence-corrected chi connectivity index (χ0v) is 12.2. The maximum Gasteiger partial charge on any atom is 0.254 e. The molecule has 1 aromatic heterocycles. The zero-order chi connectivity index (χ0) is 13.7. The van der Waals surface area contributed by atoms with Gasteiger partial charge in [0.05, 0.1) is 0 Å². The van der Waals surface area contributed by atoms with Gasteiger partial charge in [-0.05, 0) is 47.9 Å². The Kier molecular flexibility index (Phi) is 4.74. The molecule has 2 rings (SSSR count). The predicted molar refractivity (Wildman–Crippen MR) is 80.5 cm³/mol. The van der Waals surface area contributed by atoms with Crippen molar-refractivity contribution in [3.05, 3.63) is 57.8 Å². The Morgan fingerprint density at radius 2 is 1.95 bits per heavy atom. The summed E-state index contributed by atoms with van der Waals surface area (Å²) in [5.41, 5.74) is 3.16. The molecule has 19 heavy (non-hydrogen) atoms. The lowest BCUT2D eigenvalue weighted by atomic mass is 10.1. The number of amides is 1. The molecule has 0 aliphatic carbocycles. The third kappa shape index (κ3) is 3.67. The summed E-state index contributed by atoms with van der Waals surface area (Å²) in [6.45, 7) is 5.62. The molecule has 0 unspecified atom stereocenters. The summed E-state index contributed by atoms with van der Waals surface area (Å²) in [7, 11) is 0. The summed E-state index contributed by atoms with van der Waals surface area (Å²) in [5, 5.41) is 4.15. The minimum absolute atomic E-state index is 0.119. The number of carbonyl (C=O) groups excluding carboxylic acids is 1. The molecule has 0 saturated carbocycles. The SMILES string of the molecule is CCCN(Cc1ccsc1)C(=O)c1ccc(C)cc1. The van der Waals surface area contributed by atoms with Crippen LogP contribution >= 0.6 is 11.3 Å². The highest BCUT2D eigenvalue weighted by Gasteiger charge is 2.15. The van der Waals surface area contributed by atoms with Gasteiger partial charge in [0.25, 0.3) is 5.91 Å². The van der Waals surface area contributed by atoms with Crippen LogP contribution in [-0.2, 0) is 6.54 Å². The van der Waals surface area contributed by atoms with E-state index in [1.807, 2.05) is 36.1 Å². The molecule has 1 amide bonds. The number of hydrogen-bond acceptors (Lipinski definition) is 2. The van der Waals surface area contributed by atoms with Gasteiger partial charge in [0, 0.05) is 18.7 Å². The molecule has 0 radical (unpaired) electrons. The van der Waals surface area contributed by atoms with Crippen LogP contribution in [0.4, 0.5) is 0 Å². The number of carbonyl (C=O) groups is 1. The smallest absolute Gasteiger partial charge is 0.254 e. The van der Waals surface area contributed by atoms with Crippen molar-refractivity contribution in [2.24, 2.45) is 0 Å². The van der Waals surface area contributed by atoms with Crippen LogP contribution in [0.15, 0.2) is 41.1 Å². The van der Waals surface area contributed by atoms with Gasteiger partial charge in [0.1, 0.15) is 0 Å². The van der Waals surface area contributed by atoms with Gasteiger partial charge in [-0.2, -0.15) is 11.3 Å². The molecule has 0 saturated heterocycles. The number of hydrogen-bond donors (Lipinski definition) is 0. The van der Waals surface area contributed by atoms with Gasteiger partial charge < -0.3 is 4.90 Å². The van der Waals surface area contributed by atoms with E-state index in [-0.39, 0.29) is 5.91 Å². The Morgan fingerprint density at radius 1 is 1.21 bits per heavy atom. The van der Waals surface area contributed by atoms with Crippen LogP contribution in [0, 0.1) is 6.92 Å². The van der Waals surface area contributed by atoms with E-state index in [0.717, 1.165) is 18.5 Å². The molecule has 1 heterocycles. The van der Waals surface area contributed by atoms with E-state index in [1.54, 1.807) is 11.3 Å². The van der Waals surface area contributed by atoms with Crippen molar-refractivity contribution in [1.29, 1.82) is 0 Å². The van der Waals surface area contributed by atoms with Gasteiger partial charge in [-0.3, -0.25) is 4.79 Å². The van der Waals surface area contributed by atoms with E-state index in [0.29, 0.717) is 6.54 Å². The average molecular weight is 273 g/mol. The molecule has 0 spiro atoms. The summed E-state index contributed by atoms with van der Waals surface area (Å²) in [6, 6.07) is 9.88. The van der Waals surface area contributed by atoms with Gasteiger partial charge in [-0.1, -0.05) is 24.6 Å². The van der Waals surface area contributed by atoms with E-state index in [4.69, 9.17) is 0 Å². The summed E-state index contributed by atoms with van der Waals surface area (Å²) < 4.78 is 0. The molecule has 2 aromatic rings. The van der Waals surface area contributed by atoms with Crippen LogP contribution < -0.4 is 0 Å². The van der Waals surface area contributed by atoms with Crippen molar-refractivity contribution in [2.45, 2.75) is 26.8 Å². The maximum atomic E-state index is 12.5. The molecule has 1 aromatic carbocycles. The Morgan fingerprint density at radius 3 is 2.53 bits per heavy atom. The topological polar surface area (TPSA) is 20.3 Å². The van der Waals surface area contributed by atoms with Crippen molar-refractivity contribution < 1.29 is 4.79 Å². The third-order valence-electron chi connectivity index (χ3n) is 3.03. The monoisotopic (exact) mass is 273 g/mol. The van der Waals surface area contributed by atoms with Gasteiger partial charge in [0.15, 0.2) is 0 Å². The number of rotatable bonds is 5. The van der Waals surface area contributed by atoms with Gasteiger partial charge in [-0.25, -0.2) is 0 Å². The molecule has 0 aliphatic heterocycles. The Labute approximate surface area is 118 Å². The van der Waals surface area contributed by atoms with E-state index < -0.39 is 0 Å². The third-order valence-corrected chi connectivity index (χ3v) is 3.76. The van der Waals surface area contributed by atoms with Gasteiger partial charge in [0.2, 0.25) is 0 Å². The fraction of sp³-hybridized carbons (Fsp3) is 0.312. The molecule has 0 atom stereocenters. The van der Waals surface area contributed by atoms with E-state index in [9.17, 15) is 4.79 Å². The summed E-state index contributed by atoms with van der Waals surface area (Å²) in [4.78, 5) is 14.4. The quantitative estimate of drug-likeness (QED) is 0.803. The molecular formula is C16H19NOS. The second-order valence-electron chi connectivity index (χ2n) is 4.72.